The lowest BCUT2D eigenvalue weighted by Crippen LogP contribution is -2.30. The fraction of sp³-hybridized carbons (Fsp3) is 0.278. The van der Waals surface area contributed by atoms with Crippen LogP contribution in [-0.2, 0) is 4.74 Å². The van der Waals surface area contributed by atoms with Gasteiger partial charge in [-0.15, -0.1) is 0 Å². The third kappa shape index (κ3) is 5.62. The second kappa shape index (κ2) is 8.98. The second-order valence-electron chi connectivity index (χ2n) is 5.28. The molecule has 0 saturated heterocycles. The number of amides is 2. The van der Waals surface area contributed by atoms with Crippen LogP contribution in [-0.4, -0.2) is 19.2 Å². The Bertz CT molecular complexity index is 665. The molecule has 0 saturated carbocycles. The average Bonchev–Trinajstić information content (AvgIpc) is 2.57. The van der Waals surface area contributed by atoms with Gasteiger partial charge < -0.3 is 15.4 Å². The van der Waals surface area contributed by atoms with Gasteiger partial charge in [-0.05, 0) is 31.0 Å². The Hall–Kier alpha value is -2.47. The number of hydrogen-bond acceptors (Lipinski definition) is 2. The van der Waals surface area contributed by atoms with Crippen LogP contribution < -0.4 is 10.6 Å². The van der Waals surface area contributed by atoms with Crippen molar-refractivity contribution in [1.29, 1.82) is 0 Å². The van der Waals surface area contributed by atoms with E-state index in [-0.39, 0.29) is 11.8 Å². The first-order valence-corrected chi connectivity index (χ1v) is 7.72. The highest BCUT2D eigenvalue weighted by atomic mass is 19.1. The summed E-state index contributed by atoms with van der Waals surface area (Å²) in [5.74, 6) is -1.51. The minimum absolute atomic E-state index is 0.0201. The number of rotatable bonds is 7. The minimum Gasteiger partial charge on any atom is -0.374 e. The summed E-state index contributed by atoms with van der Waals surface area (Å²) in [6.07, 6.45) is 0.601. The molecule has 2 N–H and O–H groups in total. The number of carbonyl (C=O) groups is 1. The molecule has 1 atom stereocenters. The van der Waals surface area contributed by atoms with Crippen molar-refractivity contribution in [2.45, 2.75) is 19.4 Å². The normalized spacial score (nSPS) is 11.8. The number of urea groups is 1. The lowest BCUT2D eigenvalue weighted by molar-refractivity contribution is 0.0644. The fourth-order valence-corrected chi connectivity index (χ4v) is 2.11. The molecule has 2 aromatic carbocycles. The zero-order valence-electron chi connectivity index (χ0n) is 13.4. The van der Waals surface area contributed by atoms with Crippen LogP contribution in [0.4, 0.5) is 19.3 Å². The van der Waals surface area contributed by atoms with Gasteiger partial charge in [0.1, 0.15) is 11.6 Å². The first kappa shape index (κ1) is 17.9. The lowest BCUT2D eigenvalue weighted by Gasteiger charge is -2.13. The van der Waals surface area contributed by atoms with Crippen molar-refractivity contribution >= 4 is 11.7 Å². The van der Waals surface area contributed by atoms with Gasteiger partial charge in [0.25, 0.3) is 0 Å². The molecule has 0 aliphatic carbocycles. The summed E-state index contributed by atoms with van der Waals surface area (Å²) in [5.41, 5.74) is 1.03. The smallest absolute Gasteiger partial charge is 0.319 e. The number of halogens is 2. The molecule has 0 radical (unpaired) electrons. The number of hydrogen-bond donors (Lipinski definition) is 2. The molecule has 0 aromatic heterocycles. The van der Waals surface area contributed by atoms with Gasteiger partial charge in [-0.25, -0.2) is 13.6 Å². The fourth-order valence-electron chi connectivity index (χ4n) is 2.11. The molecule has 0 heterocycles. The topological polar surface area (TPSA) is 50.4 Å². The third-order valence-corrected chi connectivity index (χ3v) is 3.42. The van der Waals surface area contributed by atoms with Gasteiger partial charge in [0.05, 0.1) is 11.8 Å². The molecule has 6 heteroatoms. The molecular weight excluding hydrogens is 314 g/mol. The Morgan fingerprint density at radius 3 is 2.62 bits per heavy atom. The highest BCUT2D eigenvalue weighted by molar-refractivity contribution is 5.89. The van der Waals surface area contributed by atoms with Crippen molar-refractivity contribution in [1.82, 2.24) is 5.32 Å². The van der Waals surface area contributed by atoms with Crippen molar-refractivity contribution < 1.29 is 18.3 Å². The van der Waals surface area contributed by atoms with Crippen LogP contribution in [0.3, 0.4) is 0 Å². The number of carbonyl (C=O) groups excluding carboxylic acids is 1. The maximum Gasteiger partial charge on any atom is 0.319 e. The van der Waals surface area contributed by atoms with E-state index in [1.165, 1.54) is 6.07 Å². The van der Waals surface area contributed by atoms with Gasteiger partial charge in [0.2, 0.25) is 0 Å². The molecule has 24 heavy (non-hydrogen) atoms. The highest BCUT2D eigenvalue weighted by Crippen LogP contribution is 2.16. The molecule has 0 aliphatic rings. The van der Waals surface area contributed by atoms with Crippen molar-refractivity contribution in [3.8, 4) is 0 Å². The summed E-state index contributed by atoms with van der Waals surface area (Å²) in [6, 6.07) is 12.3. The van der Waals surface area contributed by atoms with E-state index in [1.807, 2.05) is 37.3 Å². The number of ether oxygens (including phenoxy) is 1. The van der Waals surface area contributed by atoms with Crippen molar-refractivity contribution in [2.24, 2.45) is 0 Å². The van der Waals surface area contributed by atoms with E-state index < -0.39 is 17.7 Å². The molecule has 2 rings (SSSR count). The van der Waals surface area contributed by atoms with Gasteiger partial charge in [0.15, 0.2) is 0 Å². The molecule has 0 spiro atoms. The molecule has 128 valence electrons. The third-order valence-electron chi connectivity index (χ3n) is 3.42. The van der Waals surface area contributed by atoms with E-state index >= 15 is 0 Å². The second-order valence-corrected chi connectivity index (χ2v) is 5.28. The maximum absolute atomic E-state index is 13.4. The lowest BCUT2D eigenvalue weighted by atomic mass is 10.1. The van der Waals surface area contributed by atoms with E-state index in [0.717, 1.165) is 11.6 Å². The standard InChI is InChI=1S/C18H20F2N2O2/c1-13(14-6-3-2-4-7-14)24-11-5-10-21-18(23)22-17-9-8-15(19)12-16(17)20/h2-4,6-9,12-13H,5,10-11H2,1H3,(H2,21,22,23)/t13-/m1/s1. The van der Waals surface area contributed by atoms with Gasteiger partial charge in [-0.2, -0.15) is 0 Å². The average molecular weight is 334 g/mol. The van der Waals surface area contributed by atoms with Crippen LogP contribution in [0.2, 0.25) is 0 Å². The monoisotopic (exact) mass is 334 g/mol. The van der Waals surface area contributed by atoms with Crippen LogP contribution in [0.1, 0.15) is 25.0 Å². The summed E-state index contributed by atoms with van der Waals surface area (Å²) in [6.45, 7) is 2.84. The predicted octanol–water partition coefficient (Wildman–Crippen LogP) is 4.25. The maximum atomic E-state index is 13.4. The zero-order chi connectivity index (χ0) is 17.4. The number of benzene rings is 2. The largest absolute Gasteiger partial charge is 0.374 e. The van der Waals surface area contributed by atoms with Gasteiger partial charge in [-0.3, -0.25) is 0 Å². The molecule has 0 unspecified atom stereocenters. The summed E-state index contributed by atoms with van der Waals surface area (Å²) in [7, 11) is 0. The Balaban J connectivity index is 1.64. The first-order chi connectivity index (χ1) is 11.6. The van der Waals surface area contributed by atoms with Crippen LogP contribution in [0.15, 0.2) is 48.5 Å². The van der Waals surface area contributed by atoms with Crippen LogP contribution in [0.25, 0.3) is 0 Å². The van der Waals surface area contributed by atoms with E-state index in [0.29, 0.717) is 25.6 Å². The molecular formula is C18H20F2N2O2. The predicted molar refractivity (Wildman–Crippen MR) is 88.8 cm³/mol. The molecule has 2 amide bonds. The quantitative estimate of drug-likeness (QED) is 0.744. The van der Waals surface area contributed by atoms with Crippen LogP contribution >= 0.6 is 0 Å². The van der Waals surface area contributed by atoms with Gasteiger partial charge in [0, 0.05) is 19.2 Å². The Morgan fingerprint density at radius 1 is 1.17 bits per heavy atom. The summed E-state index contributed by atoms with van der Waals surface area (Å²) in [5, 5.41) is 4.93. The van der Waals surface area contributed by atoms with E-state index in [1.54, 1.807) is 0 Å². The zero-order valence-corrected chi connectivity index (χ0v) is 13.4. The highest BCUT2D eigenvalue weighted by Gasteiger charge is 2.08. The van der Waals surface area contributed by atoms with Crippen molar-refractivity contribution in [3.63, 3.8) is 0 Å². The summed E-state index contributed by atoms with van der Waals surface area (Å²) < 4.78 is 31.9. The molecule has 0 fully saturated rings. The van der Waals surface area contributed by atoms with Crippen molar-refractivity contribution in [2.75, 3.05) is 18.5 Å². The van der Waals surface area contributed by atoms with Gasteiger partial charge >= 0.3 is 6.03 Å². The van der Waals surface area contributed by atoms with E-state index in [9.17, 15) is 13.6 Å². The molecule has 0 aliphatic heterocycles. The molecule has 2 aromatic rings. The van der Waals surface area contributed by atoms with Crippen LogP contribution in [0.5, 0.6) is 0 Å². The number of anilines is 1. The Labute approximate surface area is 139 Å². The van der Waals surface area contributed by atoms with E-state index in [4.69, 9.17) is 4.74 Å². The SMILES string of the molecule is C[C@@H](OCCCNC(=O)Nc1ccc(F)cc1F)c1ccccc1. The molecule has 0 bridgehead atoms. The van der Waals surface area contributed by atoms with Crippen molar-refractivity contribution in [3.05, 3.63) is 65.7 Å². The van der Waals surface area contributed by atoms with Gasteiger partial charge in [-0.1, -0.05) is 30.3 Å². The summed E-state index contributed by atoms with van der Waals surface area (Å²) >= 11 is 0. The Kier molecular flexibility index (Phi) is 6.69. The number of nitrogens with one attached hydrogen (secondary N) is 2. The molecule has 4 nitrogen and oxygen atoms in total. The Morgan fingerprint density at radius 2 is 1.92 bits per heavy atom. The first-order valence-electron chi connectivity index (χ1n) is 7.72. The van der Waals surface area contributed by atoms with Crippen LogP contribution in [0, 0.1) is 11.6 Å². The minimum atomic E-state index is -0.815. The summed E-state index contributed by atoms with van der Waals surface area (Å²) in [4.78, 5) is 11.6. The van der Waals surface area contributed by atoms with E-state index in [2.05, 4.69) is 10.6 Å².